The van der Waals surface area contributed by atoms with E-state index in [0.29, 0.717) is 18.1 Å². The highest BCUT2D eigenvalue weighted by molar-refractivity contribution is 5.04. The second-order valence-corrected chi connectivity index (χ2v) is 2.49. The Morgan fingerprint density at radius 1 is 1.50 bits per heavy atom. The Hall–Kier alpha value is -1.58. The molecule has 0 aliphatic carbocycles. The highest BCUT2D eigenvalue weighted by atomic mass is 16.5. The van der Waals surface area contributed by atoms with E-state index in [4.69, 9.17) is 8.94 Å². The summed E-state index contributed by atoms with van der Waals surface area (Å²) in [5.41, 5.74) is 0. The van der Waals surface area contributed by atoms with Crippen LogP contribution in [0.1, 0.15) is 17.5 Å². The van der Waals surface area contributed by atoms with Gasteiger partial charge in [-0.05, 0) is 19.1 Å². The molecule has 4 heteroatoms. The van der Waals surface area contributed by atoms with Crippen LogP contribution in [0.15, 0.2) is 27.3 Å². The molecule has 0 atom stereocenters. The topological polar surface area (TPSA) is 52.1 Å². The van der Waals surface area contributed by atoms with Gasteiger partial charge in [-0.25, -0.2) is 0 Å². The SMILES string of the molecule is Cc1noc(Cc2ccco2)n1. The van der Waals surface area contributed by atoms with Crippen LogP contribution in [0, 0.1) is 6.92 Å². The van der Waals surface area contributed by atoms with Gasteiger partial charge in [0.05, 0.1) is 12.7 Å². The summed E-state index contributed by atoms with van der Waals surface area (Å²) in [6, 6.07) is 3.71. The second-order valence-electron chi connectivity index (χ2n) is 2.49. The first-order chi connectivity index (χ1) is 5.84. The summed E-state index contributed by atoms with van der Waals surface area (Å²) in [5, 5.41) is 3.67. The van der Waals surface area contributed by atoms with Crippen molar-refractivity contribution in [3.8, 4) is 0 Å². The molecular formula is C8H8N2O2. The maximum absolute atomic E-state index is 5.12. The van der Waals surface area contributed by atoms with Crippen molar-refractivity contribution in [3.63, 3.8) is 0 Å². The molecule has 0 saturated heterocycles. The molecule has 0 saturated carbocycles. The van der Waals surface area contributed by atoms with E-state index in [1.54, 1.807) is 13.2 Å². The van der Waals surface area contributed by atoms with Crippen LogP contribution in [0.4, 0.5) is 0 Å². The van der Waals surface area contributed by atoms with Crippen LogP contribution >= 0.6 is 0 Å². The molecular weight excluding hydrogens is 156 g/mol. The zero-order chi connectivity index (χ0) is 8.39. The average molecular weight is 164 g/mol. The van der Waals surface area contributed by atoms with Crippen molar-refractivity contribution in [1.82, 2.24) is 10.1 Å². The number of aryl methyl sites for hydroxylation is 1. The number of aromatic nitrogens is 2. The predicted molar refractivity (Wildman–Crippen MR) is 40.5 cm³/mol. The monoisotopic (exact) mass is 164 g/mol. The fourth-order valence-electron chi connectivity index (χ4n) is 0.974. The number of rotatable bonds is 2. The number of furan rings is 1. The molecule has 0 spiro atoms. The molecule has 4 nitrogen and oxygen atoms in total. The minimum absolute atomic E-state index is 0.563. The lowest BCUT2D eigenvalue weighted by Crippen LogP contribution is -1.84. The molecule has 0 unspecified atom stereocenters. The molecule has 0 fully saturated rings. The van der Waals surface area contributed by atoms with Crippen LogP contribution in [0.5, 0.6) is 0 Å². The number of nitrogens with zero attached hydrogens (tertiary/aromatic N) is 2. The first-order valence-corrected chi connectivity index (χ1v) is 3.66. The van der Waals surface area contributed by atoms with Crippen molar-refractivity contribution in [2.75, 3.05) is 0 Å². The predicted octanol–water partition coefficient (Wildman–Crippen LogP) is 1.56. The summed E-state index contributed by atoms with van der Waals surface area (Å²) in [5.74, 6) is 2.07. The minimum atomic E-state index is 0.563. The van der Waals surface area contributed by atoms with Crippen molar-refractivity contribution in [2.24, 2.45) is 0 Å². The highest BCUT2D eigenvalue weighted by Crippen LogP contribution is 2.07. The lowest BCUT2D eigenvalue weighted by atomic mass is 10.3. The summed E-state index contributed by atoms with van der Waals surface area (Å²) in [6.45, 7) is 1.79. The van der Waals surface area contributed by atoms with E-state index in [2.05, 4.69) is 10.1 Å². The molecule has 12 heavy (non-hydrogen) atoms. The number of hydrogen-bond acceptors (Lipinski definition) is 4. The van der Waals surface area contributed by atoms with E-state index in [-0.39, 0.29) is 0 Å². The standard InChI is InChI=1S/C8H8N2O2/c1-6-9-8(12-10-6)5-7-3-2-4-11-7/h2-4H,5H2,1H3. The van der Waals surface area contributed by atoms with Crippen LogP contribution in [0.3, 0.4) is 0 Å². The molecule has 0 aromatic carbocycles. The van der Waals surface area contributed by atoms with Gasteiger partial charge in [0.1, 0.15) is 5.76 Å². The quantitative estimate of drug-likeness (QED) is 0.675. The molecule has 2 aromatic rings. The summed E-state index contributed by atoms with van der Waals surface area (Å²) in [6.07, 6.45) is 2.19. The summed E-state index contributed by atoms with van der Waals surface area (Å²) in [4.78, 5) is 4.05. The zero-order valence-electron chi connectivity index (χ0n) is 6.65. The first kappa shape index (κ1) is 7.09. The third-order valence-electron chi connectivity index (χ3n) is 1.48. The highest BCUT2D eigenvalue weighted by Gasteiger charge is 2.04. The van der Waals surface area contributed by atoms with Gasteiger partial charge in [-0.15, -0.1) is 0 Å². The van der Waals surface area contributed by atoms with Gasteiger partial charge in [0.2, 0.25) is 5.89 Å². The Balaban J connectivity index is 2.14. The van der Waals surface area contributed by atoms with E-state index in [9.17, 15) is 0 Å². The van der Waals surface area contributed by atoms with Gasteiger partial charge in [-0.3, -0.25) is 0 Å². The molecule has 0 bridgehead atoms. The van der Waals surface area contributed by atoms with Gasteiger partial charge in [0, 0.05) is 0 Å². The molecule has 0 radical (unpaired) electrons. The molecule has 0 N–H and O–H groups in total. The third-order valence-corrected chi connectivity index (χ3v) is 1.48. The van der Waals surface area contributed by atoms with E-state index < -0.39 is 0 Å². The fraction of sp³-hybridized carbons (Fsp3) is 0.250. The summed E-state index contributed by atoms with van der Waals surface area (Å²) >= 11 is 0. The summed E-state index contributed by atoms with van der Waals surface area (Å²) < 4.78 is 10.0. The maximum atomic E-state index is 5.12. The Morgan fingerprint density at radius 2 is 2.42 bits per heavy atom. The third kappa shape index (κ3) is 1.37. The van der Waals surface area contributed by atoms with E-state index >= 15 is 0 Å². The number of hydrogen-bond donors (Lipinski definition) is 0. The van der Waals surface area contributed by atoms with Gasteiger partial charge in [0.25, 0.3) is 0 Å². The summed E-state index contributed by atoms with van der Waals surface area (Å²) in [7, 11) is 0. The smallest absolute Gasteiger partial charge is 0.234 e. The van der Waals surface area contributed by atoms with Crippen molar-refractivity contribution in [2.45, 2.75) is 13.3 Å². The van der Waals surface area contributed by atoms with Gasteiger partial charge in [-0.1, -0.05) is 5.16 Å². The normalized spacial score (nSPS) is 10.4. The van der Waals surface area contributed by atoms with Gasteiger partial charge in [0.15, 0.2) is 5.82 Å². The van der Waals surface area contributed by atoms with E-state index in [1.807, 2.05) is 12.1 Å². The molecule has 2 heterocycles. The second kappa shape index (κ2) is 2.81. The van der Waals surface area contributed by atoms with Crippen LogP contribution in [0.2, 0.25) is 0 Å². The van der Waals surface area contributed by atoms with Gasteiger partial charge < -0.3 is 8.94 Å². The van der Waals surface area contributed by atoms with Crippen molar-refractivity contribution in [3.05, 3.63) is 35.9 Å². The van der Waals surface area contributed by atoms with Crippen LogP contribution in [-0.4, -0.2) is 10.1 Å². The Bertz CT molecular complexity index is 351. The molecule has 0 amide bonds. The lowest BCUT2D eigenvalue weighted by Gasteiger charge is -1.86. The van der Waals surface area contributed by atoms with Crippen molar-refractivity contribution in [1.29, 1.82) is 0 Å². The Labute approximate surface area is 69.2 Å². The minimum Gasteiger partial charge on any atom is -0.469 e. The molecule has 0 aliphatic heterocycles. The van der Waals surface area contributed by atoms with Crippen LogP contribution in [-0.2, 0) is 6.42 Å². The molecule has 62 valence electrons. The average Bonchev–Trinajstić information content (AvgIpc) is 2.63. The van der Waals surface area contributed by atoms with Crippen LogP contribution in [0.25, 0.3) is 0 Å². The maximum Gasteiger partial charge on any atom is 0.234 e. The van der Waals surface area contributed by atoms with Crippen LogP contribution < -0.4 is 0 Å². The van der Waals surface area contributed by atoms with E-state index in [1.165, 1.54) is 0 Å². The molecule has 2 aromatic heterocycles. The van der Waals surface area contributed by atoms with Crippen molar-refractivity contribution < 1.29 is 8.94 Å². The Kier molecular flexibility index (Phi) is 1.66. The van der Waals surface area contributed by atoms with Gasteiger partial charge in [-0.2, -0.15) is 4.98 Å². The van der Waals surface area contributed by atoms with Gasteiger partial charge >= 0.3 is 0 Å². The molecule has 2 rings (SSSR count). The largest absolute Gasteiger partial charge is 0.469 e. The first-order valence-electron chi connectivity index (χ1n) is 3.66. The van der Waals surface area contributed by atoms with E-state index in [0.717, 1.165) is 5.76 Å². The molecule has 0 aliphatic rings. The fourth-order valence-corrected chi connectivity index (χ4v) is 0.974. The lowest BCUT2D eigenvalue weighted by molar-refractivity contribution is 0.372. The zero-order valence-corrected chi connectivity index (χ0v) is 6.65. The van der Waals surface area contributed by atoms with Crippen molar-refractivity contribution >= 4 is 0 Å². The Morgan fingerprint density at radius 3 is 3.00 bits per heavy atom.